The van der Waals surface area contributed by atoms with Gasteiger partial charge in [0.15, 0.2) is 0 Å². The molecule has 1 aliphatic rings. The van der Waals surface area contributed by atoms with Crippen molar-refractivity contribution in [1.29, 1.82) is 0 Å². The SMILES string of the molecule is O=S(=O)(O)C1=C(Cl)C(O)C(Cl)=C(Cl)C1O. The average Bonchev–Trinajstić information content (AvgIpc) is 2.09. The molecule has 0 aromatic rings. The second kappa shape index (κ2) is 4.21. The molecule has 0 fully saturated rings. The number of rotatable bonds is 1. The molecule has 3 N–H and O–H groups in total. The van der Waals surface area contributed by atoms with Crippen LogP contribution >= 0.6 is 34.8 Å². The van der Waals surface area contributed by atoms with Crippen LogP contribution in [0.1, 0.15) is 0 Å². The van der Waals surface area contributed by atoms with Gasteiger partial charge in [0.1, 0.15) is 17.1 Å². The second-order valence-corrected chi connectivity index (χ2v) is 5.30. The van der Waals surface area contributed by atoms with Crippen molar-refractivity contribution in [2.75, 3.05) is 0 Å². The zero-order valence-electron chi connectivity index (χ0n) is 6.85. The van der Waals surface area contributed by atoms with Crippen LogP contribution in [0.5, 0.6) is 0 Å². The maximum absolute atomic E-state index is 10.8. The van der Waals surface area contributed by atoms with Crippen LogP contribution in [0.4, 0.5) is 0 Å². The number of halogens is 3. The van der Waals surface area contributed by atoms with E-state index in [1.54, 1.807) is 0 Å². The van der Waals surface area contributed by atoms with Gasteiger partial charge in [-0.2, -0.15) is 8.42 Å². The maximum atomic E-state index is 10.8. The molecule has 0 amide bonds. The van der Waals surface area contributed by atoms with Crippen molar-refractivity contribution < 1.29 is 23.2 Å². The van der Waals surface area contributed by atoms with E-state index in [2.05, 4.69) is 0 Å². The Bertz CT molecular complexity index is 451. The monoisotopic (exact) mass is 294 g/mol. The van der Waals surface area contributed by atoms with Gasteiger partial charge in [-0.25, -0.2) is 0 Å². The first-order valence-corrected chi connectivity index (χ1v) is 6.03. The summed E-state index contributed by atoms with van der Waals surface area (Å²) in [7, 11) is -4.75. The van der Waals surface area contributed by atoms with Gasteiger partial charge in [0.2, 0.25) is 0 Å². The molecule has 0 saturated heterocycles. The molecule has 2 unspecified atom stereocenters. The van der Waals surface area contributed by atoms with E-state index in [-0.39, 0.29) is 5.03 Å². The molecule has 0 aromatic heterocycles. The van der Waals surface area contributed by atoms with E-state index in [1.807, 2.05) is 0 Å². The van der Waals surface area contributed by atoms with E-state index < -0.39 is 37.3 Å². The van der Waals surface area contributed by atoms with Crippen molar-refractivity contribution >= 4 is 44.9 Å². The Morgan fingerprint density at radius 2 is 1.33 bits per heavy atom. The first kappa shape index (κ1) is 13.2. The van der Waals surface area contributed by atoms with Crippen molar-refractivity contribution in [3.63, 3.8) is 0 Å². The molecule has 0 radical (unpaired) electrons. The Labute approximate surface area is 100 Å². The largest absolute Gasteiger partial charge is 0.382 e. The molecule has 0 spiro atoms. The molecule has 2 atom stereocenters. The maximum Gasteiger partial charge on any atom is 0.294 e. The lowest BCUT2D eigenvalue weighted by Gasteiger charge is -2.23. The van der Waals surface area contributed by atoms with Crippen molar-refractivity contribution in [3.8, 4) is 0 Å². The topological polar surface area (TPSA) is 94.8 Å². The molecular weight excluding hydrogens is 290 g/mol. The molecule has 86 valence electrons. The van der Waals surface area contributed by atoms with E-state index in [1.165, 1.54) is 0 Å². The summed E-state index contributed by atoms with van der Waals surface area (Å²) in [5.41, 5.74) is 0. The Morgan fingerprint density at radius 3 is 1.73 bits per heavy atom. The number of aliphatic hydroxyl groups excluding tert-OH is 2. The second-order valence-electron chi connectivity index (χ2n) is 2.69. The van der Waals surface area contributed by atoms with Crippen LogP contribution < -0.4 is 0 Å². The quantitative estimate of drug-likeness (QED) is 0.621. The molecule has 9 heteroatoms. The van der Waals surface area contributed by atoms with E-state index in [0.29, 0.717) is 0 Å². The first-order valence-electron chi connectivity index (χ1n) is 3.46. The lowest BCUT2D eigenvalue weighted by Crippen LogP contribution is -2.29. The highest BCUT2D eigenvalue weighted by Gasteiger charge is 2.38. The van der Waals surface area contributed by atoms with E-state index in [4.69, 9.17) is 39.4 Å². The summed E-state index contributed by atoms with van der Waals surface area (Å²) in [6.07, 6.45) is -3.54. The van der Waals surface area contributed by atoms with Crippen LogP contribution in [0.15, 0.2) is 20.0 Å². The van der Waals surface area contributed by atoms with Crippen molar-refractivity contribution in [2.45, 2.75) is 12.2 Å². The van der Waals surface area contributed by atoms with Gasteiger partial charge in [0, 0.05) is 0 Å². The molecule has 0 saturated carbocycles. The molecule has 1 aliphatic carbocycles. The highest BCUT2D eigenvalue weighted by Crippen LogP contribution is 2.38. The summed E-state index contributed by atoms with van der Waals surface area (Å²) >= 11 is 16.3. The Hall–Kier alpha value is 0.180. The lowest BCUT2D eigenvalue weighted by molar-refractivity contribution is 0.224. The van der Waals surface area contributed by atoms with Gasteiger partial charge < -0.3 is 10.2 Å². The molecular formula is C6H5Cl3O5S. The standard InChI is InChI=1S/C6H5Cl3O5S/c7-1-2(8)5(11)6(15(12,13)14)3(9)4(1)10/h4-5,10-11H,(H,12,13,14). The van der Waals surface area contributed by atoms with Gasteiger partial charge in [0.25, 0.3) is 10.1 Å². The van der Waals surface area contributed by atoms with Gasteiger partial charge in [-0.15, -0.1) is 0 Å². The Kier molecular flexibility index (Phi) is 3.72. The van der Waals surface area contributed by atoms with Gasteiger partial charge in [-0.1, -0.05) is 34.8 Å². The highest BCUT2D eigenvalue weighted by molar-refractivity contribution is 7.90. The Balaban J connectivity index is 3.42. The third kappa shape index (κ3) is 2.31. The molecule has 5 nitrogen and oxygen atoms in total. The van der Waals surface area contributed by atoms with Gasteiger partial charge in [-0.05, 0) is 0 Å². The van der Waals surface area contributed by atoms with Crippen LogP contribution in [0.25, 0.3) is 0 Å². The highest BCUT2D eigenvalue weighted by atomic mass is 35.5. The van der Waals surface area contributed by atoms with Crippen LogP contribution in [0, 0.1) is 0 Å². The van der Waals surface area contributed by atoms with E-state index in [9.17, 15) is 18.6 Å². The van der Waals surface area contributed by atoms with Crippen LogP contribution in [-0.4, -0.2) is 35.4 Å². The first-order chi connectivity index (χ1) is 6.68. The zero-order valence-corrected chi connectivity index (χ0v) is 9.94. The zero-order chi connectivity index (χ0) is 12.0. The minimum absolute atomic E-state index is 0.387. The molecule has 0 aromatic carbocycles. The molecule has 15 heavy (non-hydrogen) atoms. The normalized spacial score (nSPS) is 28.7. The smallest absolute Gasteiger partial charge is 0.294 e. The fourth-order valence-corrected chi connectivity index (χ4v) is 2.83. The predicted molar refractivity (Wildman–Crippen MR) is 55.2 cm³/mol. The average molecular weight is 296 g/mol. The van der Waals surface area contributed by atoms with E-state index in [0.717, 1.165) is 0 Å². The van der Waals surface area contributed by atoms with Crippen molar-refractivity contribution in [3.05, 3.63) is 20.0 Å². The summed E-state index contributed by atoms with van der Waals surface area (Å²) in [5.74, 6) is 0. The summed E-state index contributed by atoms with van der Waals surface area (Å²) in [6.45, 7) is 0. The fraction of sp³-hybridized carbons (Fsp3) is 0.333. The lowest BCUT2D eigenvalue weighted by atomic mass is 10.1. The minimum Gasteiger partial charge on any atom is -0.382 e. The number of hydrogen-bond acceptors (Lipinski definition) is 4. The van der Waals surface area contributed by atoms with Crippen LogP contribution in [-0.2, 0) is 10.1 Å². The van der Waals surface area contributed by atoms with Gasteiger partial charge >= 0.3 is 0 Å². The summed E-state index contributed by atoms with van der Waals surface area (Å²) < 4.78 is 30.4. The van der Waals surface area contributed by atoms with Crippen molar-refractivity contribution in [2.24, 2.45) is 0 Å². The summed E-state index contributed by atoms with van der Waals surface area (Å²) in [6, 6.07) is 0. The fourth-order valence-electron chi connectivity index (χ4n) is 1.02. The minimum atomic E-state index is -4.75. The third-order valence-corrected chi connectivity index (χ3v) is 4.15. The predicted octanol–water partition coefficient (Wildman–Crippen LogP) is 0.749. The van der Waals surface area contributed by atoms with Gasteiger partial charge in [0.05, 0.1) is 15.1 Å². The molecule has 0 aliphatic heterocycles. The number of hydrogen-bond donors (Lipinski definition) is 3. The summed E-state index contributed by atoms with van der Waals surface area (Å²) in [5, 5.41) is 17.1. The molecule has 1 rings (SSSR count). The Morgan fingerprint density at radius 1 is 0.933 bits per heavy atom. The third-order valence-electron chi connectivity index (χ3n) is 1.71. The van der Waals surface area contributed by atoms with Crippen LogP contribution in [0.2, 0.25) is 0 Å². The molecule has 0 heterocycles. The molecule has 0 bridgehead atoms. The number of aliphatic hydroxyl groups is 2. The van der Waals surface area contributed by atoms with Crippen molar-refractivity contribution in [1.82, 2.24) is 0 Å². The van der Waals surface area contributed by atoms with Gasteiger partial charge in [-0.3, -0.25) is 4.55 Å². The van der Waals surface area contributed by atoms with E-state index >= 15 is 0 Å². The summed E-state index contributed by atoms with van der Waals surface area (Å²) in [4.78, 5) is -0.967. The van der Waals surface area contributed by atoms with Crippen LogP contribution in [0.3, 0.4) is 0 Å².